The van der Waals surface area contributed by atoms with Crippen molar-refractivity contribution in [1.29, 1.82) is 0 Å². The first-order chi connectivity index (χ1) is 6.77. The fourth-order valence-corrected chi connectivity index (χ4v) is 1.17. The Morgan fingerprint density at radius 3 is 2.57 bits per heavy atom. The van der Waals surface area contributed by atoms with Crippen LogP contribution >= 0.6 is 11.6 Å². The summed E-state index contributed by atoms with van der Waals surface area (Å²) in [6, 6.07) is 8.90. The second kappa shape index (κ2) is 5.60. The summed E-state index contributed by atoms with van der Waals surface area (Å²) >= 11 is 5.43. The number of benzene rings is 1. The molecule has 76 valence electrons. The third-order valence-electron chi connectivity index (χ3n) is 1.78. The van der Waals surface area contributed by atoms with Crippen LogP contribution in [0.1, 0.15) is 0 Å². The molecule has 0 aliphatic heterocycles. The zero-order valence-electron chi connectivity index (χ0n) is 7.54. The van der Waals surface area contributed by atoms with Gasteiger partial charge in [0, 0.05) is 11.6 Å². The lowest BCUT2D eigenvalue weighted by Gasteiger charge is -2.09. The molecule has 0 radical (unpaired) electrons. The van der Waals surface area contributed by atoms with Crippen molar-refractivity contribution in [2.45, 2.75) is 0 Å². The molecule has 1 unspecified atom stereocenters. The van der Waals surface area contributed by atoms with E-state index in [0.717, 1.165) is 0 Å². The van der Waals surface area contributed by atoms with Crippen molar-refractivity contribution in [3.63, 3.8) is 0 Å². The van der Waals surface area contributed by atoms with Crippen LogP contribution in [0.2, 0.25) is 0 Å². The molecule has 0 aromatic heterocycles. The minimum atomic E-state index is -0.767. The average Bonchev–Trinajstić information content (AvgIpc) is 2.21. The van der Waals surface area contributed by atoms with E-state index in [9.17, 15) is 9.18 Å². The number of para-hydroxylation sites is 1. The van der Waals surface area contributed by atoms with Gasteiger partial charge in [-0.25, -0.2) is 0 Å². The highest BCUT2D eigenvalue weighted by atomic mass is 35.5. The number of hydrogen-bond acceptors (Lipinski definition) is 1. The van der Waals surface area contributed by atoms with Gasteiger partial charge in [0.25, 0.3) is 0 Å². The molecule has 1 atom stereocenters. The van der Waals surface area contributed by atoms with Crippen LogP contribution in [0.5, 0.6) is 0 Å². The molecule has 1 N–H and O–H groups in total. The first kappa shape index (κ1) is 11.0. The quantitative estimate of drug-likeness (QED) is 0.768. The monoisotopic (exact) mass is 215 g/mol. The summed E-state index contributed by atoms with van der Waals surface area (Å²) in [5.41, 5.74) is 0.654. The Morgan fingerprint density at radius 1 is 1.43 bits per heavy atom. The van der Waals surface area contributed by atoms with Gasteiger partial charge in [-0.05, 0) is 12.1 Å². The van der Waals surface area contributed by atoms with E-state index in [4.69, 9.17) is 11.6 Å². The van der Waals surface area contributed by atoms with E-state index in [-0.39, 0.29) is 11.8 Å². The van der Waals surface area contributed by atoms with Gasteiger partial charge in [-0.1, -0.05) is 18.2 Å². The summed E-state index contributed by atoms with van der Waals surface area (Å²) < 4.78 is 12.3. The fourth-order valence-electron chi connectivity index (χ4n) is 0.947. The lowest BCUT2D eigenvalue weighted by Crippen LogP contribution is -2.25. The van der Waals surface area contributed by atoms with Crippen LogP contribution in [0.25, 0.3) is 0 Å². The van der Waals surface area contributed by atoms with Crippen molar-refractivity contribution in [1.82, 2.24) is 0 Å². The number of carbonyl (C=O) groups excluding carboxylic acids is 1. The highest BCUT2D eigenvalue weighted by Crippen LogP contribution is 2.09. The number of rotatable bonds is 4. The van der Waals surface area contributed by atoms with Gasteiger partial charge in [0.2, 0.25) is 5.91 Å². The van der Waals surface area contributed by atoms with Crippen LogP contribution in [-0.4, -0.2) is 18.5 Å². The highest BCUT2D eigenvalue weighted by molar-refractivity contribution is 6.19. The average molecular weight is 216 g/mol. The lowest BCUT2D eigenvalue weighted by atomic mass is 10.2. The molecule has 0 fully saturated rings. The molecule has 0 spiro atoms. The van der Waals surface area contributed by atoms with Crippen LogP contribution in [0.3, 0.4) is 0 Å². The first-order valence-corrected chi connectivity index (χ1v) is 4.79. The molecule has 4 heteroatoms. The summed E-state index contributed by atoms with van der Waals surface area (Å²) in [4.78, 5) is 11.3. The Balaban J connectivity index is 2.57. The molecule has 1 rings (SSSR count). The van der Waals surface area contributed by atoms with E-state index in [2.05, 4.69) is 5.32 Å². The minimum Gasteiger partial charge on any atom is -0.326 e. The number of alkyl halides is 2. The lowest BCUT2D eigenvalue weighted by molar-refractivity contribution is -0.119. The summed E-state index contributed by atoms with van der Waals surface area (Å²) in [5, 5.41) is 2.58. The molecule has 1 aromatic carbocycles. The van der Waals surface area contributed by atoms with Gasteiger partial charge in [0.1, 0.15) is 6.67 Å². The smallest absolute Gasteiger partial charge is 0.231 e. The number of halogens is 2. The van der Waals surface area contributed by atoms with Crippen molar-refractivity contribution in [2.24, 2.45) is 5.92 Å². The summed E-state index contributed by atoms with van der Waals surface area (Å²) in [5.74, 6) is -1.15. The predicted molar refractivity (Wildman–Crippen MR) is 55.3 cm³/mol. The van der Waals surface area contributed by atoms with E-state index in [0.29, 0.717) is 5.69 Å². The maximum absolute atomic E-state index is 12.3. The number of carbonyl (C=O) groups is 1. The summed E-state index contributed by atoms with van der Waals surface area (Å²) in [6.45, 7) is -0.734. The van der Waals surface area contributed by atoms with Crippen molar-refractivity contribution < 1.29 is 9.18 Å². The second-order valence-corrected chi connectivity index (χ2v) is 3.17. The number of amides is 1. The van der Waals surface area contributed by atoms with E-state index in [1.807, 2.05) is 6.07 Å². The Bertz CT molecular complexity index is 287. The minimum absolute atomic E-state index is 0.00479. The van der Waals surface area contributed by atoms with Crippen LogP contribution < -0.4 is 5.32 Å². The summed E-state index contributed by atoms with van der Waals surface area (Å²) in [7, 11) is 0. The molecule has 0 saturated heterocycles. The first-order valence-electron chi connectivity index (χ1n) is 4.25. The third kappa shape index (κ3) is 3.00. The zero-order chi connectivity index (χ0) is 10.4. The Kier molecular flexibility index (Phi) is 4.40. The Labute approximate surface area is 87.1 Å². The Morgan fingerprint density at radius 2 is 2.07 bits per heavy atom. The van der Waals surface area contributed by atoms with Crippen LogP contribution in [0.15, 0.2) is 30.3 Å². The van der Waals surface area contributed by atoms with E-state index < -0.39 is 12.6 Å². The van der Waals surface area contributed by atoms with Crippen LogP contribution in [0.4, 0.5) is 10.1 Å². The van der Waals surface area contributed by atoms with Crippen molar-refractivity contribution >= 4 is 23.2 Å². The van der Waals surface area contributed by atoms with Crippen molar-refractivity contribution in [3.8, 4) is 0 Å². The molecule has 0 bridgehead atoms. The SMILES string of the molecule is O=C(Nc1ccccc1)C(CF)CCl. The maximum Gasteiger partial charge on any atom is 0.231 e. The molecule has 1 amide bonds. The maximum atomic E-state index is 12.3. The molecule has 0 aliphatic rings. The largest absolute Gasteiger partial charge is 0.326 e. The van der Waals surface area contributed by atoms with Crippen molar-refractivity contribution in [2.75, 3.05) is 17.9 Å². The Hall–Kier alpha value is -1.09. The van der Waals surface area contributed by atoms with Crippen LogP contribution in [0, 0.1) is 5.92 Å². The van der Waals surface area contributed by atoms with Gasteiger partial charge in [0.05, 0.1) is 5.92 Å². The van der Waals surface area contributed by atoms with Gasteiger partial charge in [-0.2, -0.15) is 0 Å². The molecule has 0 heterocycles. The van der Waals surface area contributed by atoms with Gasteiger partial charge in [-0.15, -0.1) is 11.6 Å². The van der Waals surface area contributed by atoms with Gasteiger partial charge >= 0.3 is 0 Å². The number of hydrogen-bond donors (Lipinski definition) is 1. The molecule has 2 nitrogen and oxygen atoms in total. The normalized spacial score (nSPS) is 12.1. The molecule has 0 saturated carbocycles. The van der Waals surface area contributed by atoms with E-state index in [1.165, 1.54) is 0 Å². The zero-order valence-corrected chi connectivity index (χ0v) is 8.30. The molecule has 1 aromatic rings. The number of anilines is 1. The predicted octanol–water partition coefficient (Wildman–Crippen LogP) is 2.45. The topological polar surface area (TPSA) is 29.1 Å². The van der Waals surface area contributed by atoms with E-state index in [1.54, 1.807) is 24.3 Å². The second-order valence-electron chi connectivity index (χ2n) is 2.86. The molecular weight excluding hydrogens is 205 g/mol. The molecule has 0 aliphatic carbocycles. The van der Waals surface area contributed by atoms with Gasteiger partial charge in [0.15, 0.2) is 0 Å². The standard InChI is InChI=1S/C10H11ClFNO/c11-6-8(7-12)10(14)13-9-4-2-1-3-5-9/h1-5,8H,6-7H2,(H,13,14). The van der Waals surface area contributed by atoms with E-state index >= 15 is 0 Å². The molecular formula is C10H11ClFNO. The third-order valence-corrected chi connectivity index (χ3v) is 2.16. The molecule has 14 heavy (non-hydrogen) atoms. The fraction of sp³-hybridized carbons (Fsp3) is 0.300. The van der Waals surface area contributed by atoms with Crippen molar-refractivity contribution in [3.05, 3.63) is 30.3 Å². The van der Waals surface area contributed by atoms with Crippen LogP contribution in [-0.2, 0) is 4.79 Å². The number of nitrogens with one attached hydrogen (secondary N) is 1. The van der Waals surface area contributed by atoms with Gasteiger partial charge < -0.3 is 5.32 Å². The summed E-state index contributed by atoms with van der Waals surface area (Å²) in [6.07, 6.45) is 0. The highest BCUT2D eigenvalue weighted by Gasteiger charge is 2.16. The van der Waals surface area contributed by atoms with Gasteiger partial charge in [-0.3, -0.25) is 9.18 Å².